The van der Waals surface area contributed by atoms with Crippen LogP contribution in [0.3, 0.4) is 0 Å². The normalized spacial score (nSPS) is 12.2. The molecule has 0 amide bonds. The molecule has 2 aromatic rings. The number of rotatable bonds is 3. The summed E-state index contributed by atoms with van der Waals surface area (Å²) in [6.07, 6.45) is -1.53. The van der Waals surface area contributed by atoms with Gasteiger partial charge in [0.15, 0.2) is 5.78 Å². The Morgan fingerprint density at radius 3 is 1.70 bits per heavy atom. The third-order valence-electron chi connectivity index (χ3n) is 2.73. The zero-order chi connectivity index (χ0) is 14.9. The van der Waals surface area contributed by atoms with Crippen molar-refractivity contribution in [1.29, 1.82) is 0 Å². The Labute approximate surface area is 135 Å². The third kappa shape index (κ3) is 2.95. The Balaban J connectivity index is 2.49. The Bertz CT molecular complexity index is 630. The lowest BCUT2D eigenvalue weighted by molar-refractivity contribution is 0.0748. The van der Waals surface area contributed by atoms with Gasteiger partial charge in [-0.3, -0.25) is 4.79 Å². The molecule has 0 aliphatic rings. The van der Waals surface area contributed by atoms with Gasteiger partial charge in [0.2, 0.25) is 0 Å². The molecule has 0 unspecified atom stereocenters. The molecule has 0 aliphatic heterocycles. The van der Waals surface area contributed by atoms with Gasteiger partial charge in [-0.1, -0.05) is 58.5 Å². The fourth-order valence-electron chi connectivity index (χ4n) is 1.77. The Morgan fingerprint density at radius 1 is 0.850 bits per heavy atom. The highest BCUT2D eigenvalue weighted by Crippen LogP contribution is 2.35. The summed E-state index contributed by atoms with van der Waals surface area (Å²) in [7, 11) is 0. The van der Waals surface area contributed by atoms with Gasteiger partial charge < -0.3 is 5.11 Å². The van der Waals surface area contributed by atoms with Crippen molar-refractivity contribution < 1.29 is 9.90 Å². The molecule has 0 fully saturated rings. The molecule has 0 spiro atoms. The summed E-state index contributed by atoms with van der Waals surface area (Å²) < 4.78 is 0. The van der Waals surface area contributed by atoms with E-state index in [1.807, 2.05) is 0 Å². The van der Waals surface area contributed by atoms with Crippen molar-refractivity contribution in [2.75, 3.05) is 0 Å². The first-order chi connectivity index (χ1) is 9.43. The Morgan fingerprint density at radius 2 is 1.25 bits per heavy atom. The van der Waals surface area contributed by atoms with Crippen molar-refractivity contribution in [3.8, 4) is 0 Å². The van der Waals surface area contributed by atoms with Gasteiger partial charge in [-0.15, -0.1) is 0 Å². The standard InChI is InChI=1S/C14H8Cl4O2/c15-7-3-1-4-8(16)11(7)13(19)14(20)12-9(17)5-2-6-10(12)18/h1-6,13,19H/t13-/m1/s1. The zero-order valence-electron chi connectivity index (χ0n) is 9.91. The summed E-state index contributed by atoms with van der Waals surface area (Å²) >= 11 is 23.9. The van der Waals surface area contributed by atoms with Gasteiger partial charge in [-0.05, 0) is 24.3 Å². The number of aliphatic hydroxyl groups excluding tert-OH is 1. The molecule has 0 saturated heterocycles. The summed E-state index contributed by atoms with van der Waals surface area (Å²) in [6, 6.07) is 9.33. The van der Waals surface area contributed by atoms with E-state index in [4.69, 9.17) is 46.4 Å². The van der Waals surface area contributed by atoms with Crippen molar-refractivity contribution in [2.45, 2.75) is 6.10 Å². The number of aliphatic hydroxyl groups is 1. The SMILES string of the molecule is O=C(c1c(Cl)cccc1Cl)[C@H](O)c1c(Cl)cccc1Cl. The van der Waals surface area contributed by atoms with E-state index in [0.717, 1.165) is 0 Å². The minimum Gasteiger partial charge on any atom is -0.380 e. The minimum absolute atomic E-state index is 0.0410. The summed E-state index contributed by atoms with van der Waals surface area (Å²) in [5.74, 6) is -0.657. The topological polar surface area (TPSA) is 37.3 Å². The molecule has 20 heavy (non-hydrogen) atoms. The molecule has 0 bridgehead atoms. The van der Waals surface area contributed by atoms with Crippen molar-refractivity contribution in [3.05, 3.63) is 67.6 Å². The van der Waals surface area contributed by atoms with Crippen LogP contribution in [-0.4, -0.2) is 10.9 Å². The zero-order valence-corrected chi connectivity index (χ0v) is 12.9. The fourth-order valence-corrected chi connectivity index (χ4v) is 2.96. The molecule has 0 saturated carbocycles. The highest BCUT2D eigenvalue weighted by atomic mass is 35.5. The smallest absolute Gasteiger partial charge is 0.198 e. The first kappa shape index (κ1) is 15.6. The van der Waals surface area contributed by atoms with E-state index >= 15 is 0 Å². The summed E-state index contributed by atoms with van der Waals surface area (Å²) in [5, 5.41) is 10.9. The van der Waals surface area contributed by atoms with Gasteiger partial charge >= 0.3 is 0 Å². The number of ketones is 1. The van der Waals surface area contributed by atoms with Crippen LogP contribution in [0.15, 0.2) is 36.4 Å². The maximum Gasteiger partial charge on any atom is 0.198 e. The molecule has 0 aliphatic carbocycles. The lowest BCUT2D eigenvalue weighted by atomic mass is 9.99. The molecule has 2 aromatic carbocycles. The predicted octanol–water partition coefficient (Wildman–Crippen LogP) is 5.22. The number of halogens is 4. The van der Waals surface area contributed by atoms with Crippen LogP contribution in [0, 0.1) is 0 Å². The largest absolute Gasteiger partial charge is 0.380 e. The number of Topliss-reactive ketones (excluding diaryl/α,β-unsaturated/α-hetero) is 1. The monoisotopic (exact) mass is 348 g/mol. The molecule has 2 rings (SSSR count). The predicted molar refractivity (Wildman–Crippen MR) is 82.2 cm³/mol. The van der Waals surface area contributed by atoms with Crippen LogP contribution < -0.4 is 0 Å². The van der Waals surface area contributed by atoms with E-state index in [2.05, 4.69) is 0 Å². The first-order valence-electron chi connectivity index (χ1n) is 5.53. The van der Waals surface area contributed by atoms with Gasteiger partial charge in [0, 0.05) is 15.6 Å². The van der Waals surface area contributed by atoms with Crippen LogP contribution in [0.2, 0.25) is 20.1 Å². The first-order valence-corrected chi connectivity index (χ1v) is 7.05. The van der Waals surface area contributed by atoms with E-state index in [-0.39, 0.29) is 31.2 Å². The van der Waals surface area contributed by atoms with Crippen LogP contribution in [0.4, 0.5) is 0 Å². The molecule has 1 atom stereocenters. The quantitative estimate of drug-likeness (QED) is 0.771. The number of benzene rings is 2. The van der Waals surface area contributed by atoms with Gasteiger partial charge in [0.05, 0.1) is 15.6 Å². The lowest BCUT2D eigenvalue weighted by Gasteiger charge is -2.15. The third-order valence-corrected chi connectivity index (χ3v) is 4.02. The molecule has 104 valence electrons. The van der Waals surface area contributed by atoms with E-state index < -0.39 is 11.9 Å². The van der Waals surface area contributed by atoms with Gasteiger partial charge in [-0.2, -0.15) is 0 Å². The minimum atomic E-state index is -1.53. The second-order valence-electron chi connectivity index (χ2n) is 4.00. The molecule has 1 N–H and O–H groups in total. The fraction of sp³-hybridized carbons (Fsp3) is 0.0714. The van der Waals surface area contributed by atoms with Crippen molar-refractivity contribution in [2.24, 2.45) is 0 Å². The van der Waals surface area contributed by atoms with E-state index in [1.165, 1.54) is 24.3 Å². The van der Waals surface area contributed by atoms with Gasteiger partial charge in [0.25, 0.3) is 0 Å². The van der Waals surface area contributed by atoms with E-state index in [9.17, 15) is 9.90 Å². The van der Waals surface area contributed by atoms with Crippen LogP contribution in [0.1, 0.15) is 22.0 Å². The summed E-state index contributed by atoms with van der Waals surface area (Å²) in [5.41, 5.74) is 0.177. The number of carbonyl (C=O) groups is 1. The molecular formula is C14H8Cl4O2. The summed E-state index contributed by atoms with van der Waals surface area (Å²) in [4.78, 5) is 12.4. The van der Waals surface area contributed by atoms with Crippen LogP contribution in [0.25, 0.3) is 0 Å². The van der Waals surface area contributed by atoms with Crippen molar-refractivity contribution in [3.63, 3.8) is 0 Å². The highest BCUT2D eigenvalue weighted by molar-refractivity contribution is 6.40. The number of carbonyl (C=O) groups excluding carboxylic acids is 1. The van der Waals surface area contributed by atoms with E-state index in [1.54, 1.807) is 12.1 Å². The molecular weight excluding hydrogens is 342 g/mol. The molecule has 0 heterocycles. The molecule has 0 aromatic heterocycles. The number of hydrogen-bond donors (Lipinski definition) is 1. The number of hydrogen-bond acceptors (Lipinski definition) is 2. The van der Waals surface area contributed by atoms with Crippen LogP contribution in [0.5, 0.6) is 0 Å². The Hall–Kier alpha value is -0.770. The van der Waals surface area contributed by atoms with Crippen LogP contribution in [-0.2, 0) is 0 Å². The summed E-state index contributed by atoms with van der Waals surface area (Å²) in [6.45, 7) is 0. The van der Waals surface area contributed by atoms with E-state index in [0.29, 0.717) is 0 Å². The molecule has 2 nitrogen and oxygen atoms in total. The molecule has 0 radical (unpaired) electrons. The average Bonchev–Trinajstić information content (AvgIpc) is 2.37. The van der Waals surface area contributed by atoms with Crippen LogP contribution >= 0.6 is 46.4 Å². The average molecular weight is 350 g/mol. The second kappa shape index (κ2) is 6.33. The van der Waals surface area contributed by atoms with Gasteiger partial charge in [0.1, 0.15) is 6.10 Å². The van der Waals surface area contributed by atoms with Crippen molar-refractivity contribution >= 4 is 52.2 Å². The maximum absolute atomic E-state index is 12.4. The van der Waals surface area contributed by atoms with Crippen molar-refractivity contribution in [1.82, 2.24) is 0 Å². The van der Waals surface area contributed by atoms with Gasteiger partial charge in [-0.25, -0.2) is 0 Å². The second-order valence-corrected chi connectivity index (χ2v) is 5.63. The highest BCUT2D eigenvalue weighted by Gasteiger charge is 2.27. The molecule has 6 heteroatoms. The Kier molecular flexibility index (Phi) is 4.95. The maximum atomic E-state index is 12.4. The lowest BCUT2D eigenvalue weighted by Crippen LogP contribution is -2.14.